The van der Waals surface area contributed by atoms with Crippen molar-refractivity contribution in [2.75, 3.05) is 5.75 Å². The number of hydrogen-bond donors (Lipinski definition) is 1. The topological polar surface area (TPSA) is 35.8 Å². The van der Waals surface area contributed by atoms with E-state index in [4.69, 9.17) is 23.2 Å². The Morgan fingerprint density at radius 3 is 2.56 bits per heavy atom. The maximum absolute atomic E-state index is 9.24. The number of thioether (sulfide) groups is 1. The Balaban J connectivity index is 2.68. The van der Waals surface area contributed by atoms with Crippen molar-refractivity contribution in [1.29, 1.82) is 5.26 Å². The zero-order valence-electron chi connectivity index (χ0n) is 10.6. The average molecular weight is 303 g/mol. The molecule has 0 spiro atoms. The second-order valence-corrected chi connectivity index (χ2v) is 6.47. The van der Waals surface area contributed by atoms with E-state index in [1.54, 1.807) is 17.8 Å². The Kier molecular flexibility index (Phi) is 5.81. The maximum atomic E-state index is 9.24. The van der Waals surface area contributed by atoms with Crippen LogP contribution in [0.1, 0.15) is 20.8 Å². The van der Waals surface area contributed by atoms with Crippen molar-refractivity contribution in [1.82, 2.24) is 5.32 Å². The van der Waals surface area contributed by atoms with Gasteiger partial charge in [-0.15, -0.1) is 11.8 Å². The molecule has 1 aromatic rings. The summed E-state index contributed by atoms with van der Waals surface area (Å²) in [6, 6.07) is 8.08. The molecule has 98 valence electrons. The van der Waals surface area contributed by atoms with Crippen LogP contribution in [0.5, 0.6) is 0 Å². The minimum atomic E-state index is -0.551. The number of nitrogens with zero attached hydrogens (tertiary/aromatic N) is 1. The molecule has 0 amide bonds. The van der Waals surface area contributed by atoms with Gasteiger partial charge in [0.1, 0.15) is 5.54 Å². The van der Waals surface area contributed by atoms with Crippen molar-refractivity contribution >= 4 is 35.0 Å². The molecule has 18 heavy (non-hydrogen) atoms. The number of nitrogens with one attached hydrogen (secondary N) is 1. The molecule has 0 saturated heterocycles. The quantitative estimate of drug-likeness (QED) is 0.821. The van der Waals surface area contributed by atoms with Crippen molar-refractivity contribution in [3.63, 3.8) is 0 Å². The minimum absolute atomic E-state index is 0.268. The third kappa shape index (κ3) is 4.70. The Labute approximate surface area is 123 Å². The van der Waals surface area contributed by atoms with Gasteiger partial charge < -0.3 is 0 Å². The summed E-state index contributed by atoms with van der Waals surface area (Å²) in [5.41, 5.74) is -0.551. The van der Waals surface area contributed by atoms with Crippen LogP contribution in [0.15, 0.2) is 23.1 Å². The van der Waals surface area contributed by atoms with Crippen molar-refractivity contribution < 1.29 is 0 Å². The first-order chi connectivity index (χ1) is 8.36. The van der Waals surface area contributed by atoms with Gasteiger partial charge in [0, 0.05) is 16.7 Å². The van der Waals surface area contributed by atoms with Gasteiger partial charge in [0.05, 0.1) is 16.1 Å². The van der Waals surface area contributed by atoms with Crippen LogP contribution in [0.4, 0.5) is 0 Å². The Morgan fingerprint density at radius 1 is 1.39 bits per heavy atom. The fourth-order valence-electron chi connectivity index (χ4n) is 1.54. The summed E-state index contributed by atoms with van der Waals surface area (Å²) in [5.74, 6) is 0.652. The lowest BCUT2D eigenvalue weighted by Gasteiger charge is -2.25. The van der Waals surface area contributed by atoms with Gasteiger partial charge in [-0.3, -0.25) is 5.32 Å². The second kappa shape index (κ2) is 6.68. The van der Waals surface area contributed by atoms with Gasteiger partial charge in [-0.1, -0.05) is 23.2 Å². The van der Waals surface area contributed by atoms with Gasteiger partial charge >= 0.3 is 0 Å². The van der Waals surface area contributed by atoms with Gasteiger partial charge in [0.15, 0.2) is 0 Å². The molecular formula is C13H16Cl2N2S. The summed E-state index contributed by atoms with van der Waals surface area (Å²) in [4.78, 5) is 1.01. The first-order valence-corrected chi connectivity index (χ1v) is 7.37. The lowest BCUT2D eigenvalue weighted by Crippen LogP contribution is -2.47. The Hall–Kier alpha value is -0.400. The molecule has 1 N–H and O–H groups in total. The van der Waals surface area contributed by atoms with Gasteiger partial charge in [0.25, 0.3) is 0 Å². The van der Waals surface area contributed by atoms with E-state index in [9.17, 15) is 5.26 Å². The third-order valence-corrected chi connectivity index (χ3v) is 4.32. The lowest BCUT2D eigenvalue weighted by atomic mass is 10.1. The van der Waals surface area contributed by atoms with Crippen LogP contribution in [0.3, 0.4) is 0 Å². The SMILES string of the molecule is CC(C)NC(C)(C#N)CSc1ccc(Cl)c(Cl)c1. The van der Waals surface area contributed by atoms with Crippen LogP contribution in [0.2, 0.25) is 10.0 Å². The molecule has 1 unspecified atom stereocenters. The van der Waals surface area contributed by atoms with Crippen molar-refractivity contribution in [2.24, 2.45) is 0 Å². The molecule has 0 heterocycles. The summed E-state index contributed by atoms with van der Waals surface area (Å²) < 4.78 is 0. The maximum Gasteiger partial charge on any atom is 0.113 e. The summed E-state index contributed by atoms with van der Waals surface area (Å²) in [5, 5.41) is 13.6. The van der Waals surface area contributed by atoms with Crippen molar-refractivity contribution in [3.05, 3.63) is 28.2 Å². The van der Waals surface area contributed by atoms with E-state index >= 15 is 0 Å². The number of hydrogen-bond acceptors (Lipinski definition) is 3. The standard InChI is InChI=1S/C13H16Cl2N2S/c1-9(2)17-13(3,7-16)8-18-10-4-5-11(14)12(15)6-10/h4-6,9,17H,8H2,1-3H3. The summed E-state index contributed by atoms with van der Waals surface area (Å²) in [6.07, 6.45) is 0. The van der Waals surface area contributed by atoms with Crippen LogP contribution < -0.4 is 5.32 Å². The highest BCUT2D eigenvalue weighted by Crippen LogP contribution is 2.29. The largest absolute Gasteiger partial charge is 0.297 e. The molecule has 0 saturated carbocycles. The van der Waals surface area contributed by atoms with Crippen LogP contribution in [-0.4, -0.2) is 17.3 Å². The fraction of sp³-hybridized carbons (Fsp3) is 0.462. The van der Waals surface area contributed by atoms with Crippen molar-refractivity contribution in [2.45, 2.75) is 37.2 Å². The smallest absolute Gasteiger partial charge is 0.113 e. The first-order valence-electron chi connectivity index (χ1n) is 5.63. The number of rotatable bonds is 5. The van der Waals surface area contributed by atoms with Gasteiger partial charge in [0.2, 0.25) is 0 Å². The van der Waals surface area contributed by atoms with Gasteiger partial charge in [-0.25, -0.2) is 0 Å². The summed E-state index contributed by atoms with van der Waals surface area (Å²) in [7, 11) is 0. The normalized spacial score (nSPS) is 14.3. The van der Waals surface area contributed by atoms with E-state index in [1.807, 2.05) is 32.9 Å². The van der Waals surface area contributed by atoms with Crippen LogP contribution >= 0.6 is 35.0 Å². The molecule has 0 aliphatic heterocycles. The van der Waals surface area contributed by atoms with E-state index < -0.39 is 5.54 Å². The predicted molar refractivity (Wildman–Crippen MR) is 79.5 cm³/mol. The summed E-state index contributed by atoms with van der Waals surface area (Å²) in [6.45, 7) is 5.95. The Morgan fingerprint density at radius 2 is 2.06 bits per heavy atom. The van der Waals surface area contributed by atoms with Gasteiger partial charge in [-0.05, 0) is 39.0 Å². The fourth-order valence-corrected chi connectivity index (χ4v) is 2.87. The molecule has 1 atom stereocenters. The molecule has 0 radical (unpaired) electrons. The van der Waals surface area contributed by atoms with Gasteiger partial charge in [-0.2, -0.15) is 5.26 Å². The van der Waals surface area contributed by atoms with Crippen LogP contribution in [0, 0.1) is 11.3 Å². The van der Waals surface area contributed by atoms with E-state index in [0.29, 0.717) is 15.8 Å². The van der Waals surface area contributed by atoms with Crippen molar-refractivity contribution in [3.8, 4) is 6.07 Å². The molecule has 0 aliphatic rings. The van der Waals surface area contributed by atoms with E-state index in [0.717, 1.165) is 4.90 Å². The molecule has 2 nitrogen and oxygen atoms in total. The molecule has 0 aliphatic carbocycles. The molecule has 0 aromatic heterocycles. The molecule has 1 rings (SSSR count). The molecule has 0 bridgehead atoms. The number of halogens is 2. The zero-order chi connectivity index (χ0) is 13.8. The molecular weight excluding hydrogens is 287 g/mol. The highest BCUT2D eigenvalue weighted by atomic mass is 35.5. The second-order valence-electron chi connectivity index (χ2n) is 4.61. The lowest BCUT2D eigenvalue weighted by molar-refractivity contribution is 0.443. The van der Waals surface area contributed by atoms with E-state index in [1.165, 1.54) is 0 Å². The van der Waals surface area contributed by atoms with E-state index in [2.05, 4.69) is 11.4 Å². The predicted octanol–water partition coefficient (Wildman–Crippen LogP) is 4.37. The number of benzene rings is 1. The third-order valence-electron chi connectivity index (χ3n) is 2.27. The highest BCUT2D eigenvalue weighted by Gasteiger charge is 2.24. The zero-order valence-corrected chi connectivity index (χ0v) is 13.0. The minimum Gasteiger partial charge on any atom is -0.297 e. The number of nitriles is 1. The van der Waals surface area contributed by atoms with Crippen LogP contribution in [-0.2, 0) is 0 Å². The average Bonchev–Trinajstić information content (AvgIpc) is 2.30. The molecule has 1 aromatic carbocycles. The first kappa shape index (κ1) is 15.7. The monoisotopic (exact) mass is 302 g/mol. The highest BCUT2D eigenvalue weighted by molar-refractivity contribution is 7.99. The molecule has 5 heteroatoms. The van der Waals surface area contributed by atoms with Crippen LogP contribution in [0.25, 0.3) is 0 Å². The summed E-state index contributed by atoms with van der Waals surface area (Å²) >= 11 is 13.4. The van der Waals surface area contributed by atoms with E-state index in [-0.39, 0.29) is 6.04 Å². The Bertz CT molecular complexity index is 457. The molecule has 0 fully saturated rings.